The smallest absolute Gasteiger partial charge is 0.281 e. The van der Waals surface area contributed by atoms with Crippen LogP contribution in [0.3, 0.4) is 0 Å². The van der Waals surface area contributed by atoms with E-state index in [-0.39, 0.29) is 5.91 Å². The molecule has 0 atom stereocenters. The van der Waals surface area contributed by atoms with Gasteiger partial charge in [0.1, 0.15) is 29.6 Å². The van der Waals surface area contributed by atoms with E-state index in [0.717, 1.165) is 16.9 Å². The van der Waals surface area contributed by atoms with Crippen LogP contribution in [0.5, 0.6) is 17.2 Å². The molecule has 3 aromatic carbocycles. The molecule has 0 aliphatic carbocycles. The maximum absolute atomic E-state index is 13.1. The lowest BCUT2D eigenvalue weighted by atomic mass is 10.1. The fourth-order valence-corrected chi connectivity index (χ4v) is 3.71. The van der Waals surface area contributed by atoms with Gasteiger partial charge in [0.25, 0.3) is 5.91 Å². The lowest BCUT2D eigenvalue weighted by Crippen LogP contribution is -2.30. The number of hydrogen-bond donors (Lipinski definition) is 1. The molecular weight excluding hydrogens is 424 g/mol. The summed E-state index contributed by atoms with van der Waals surface area (Å²) in [6, 6.07) is 22.5. The number of rotatable bonds is 7. The van der Waals surface area contributed by atoms with Gasteiger partial charge in [-0.3, -0.25) is 4.79 Å². The Bertz CT molecular complexity index is 1180. The van der Waals surface area contributed by atoms with E-state index in [1.807, 2.05) is 60.7 Å². The molecule has 0 saturated carbocycles. The van der Waals surface area contributed by atoms with Gasteiger partial charge in [0.15, 0.2) is 5.11 Å². The number of carbonyl (C=O) groups excluding carboxylic acids is 1. The number of hydrogen-bond acceptors (Lipinski definition) is 5. The van der Waals surface area contributed by atoms with E-state index in [9.17, 15) is 4.79 Å². The van der Waals surface area contributed by atoms with Crippen molar-refractivity contribution in [3.05, 3.63) is 89.6 Å². The fourth-order valence-electron chi connectivity index (χ4n) is 3.41. The van der Waals surface area contributed by atoms with E-state index in [1.54, 1.807) is 32.4 Å². The Morgan fingerprint density at radius 1 is 0.938 bits per heavy atom. The van der Waals surface area contributed by atoms with E-state index < -0.39 is 0 Å². The quantitative estimate of drug-likeness (QED) is 0.425. The highest BCUT2D eigenvalue weighted by Gasteiger charge is 2.33. The molecule has 0 bridgehead atoms. The molecule has 3 aromatic rings. The van der Waals surface area contributed by atoms with Crippen molar-refractivity contribution in [2.45, 2.75) is 6.61 Å². The van der Waals surface area contributed by atoms with Crippen LogP contribution in [0.15, 0.2) is 78.5 Å². The third kappa shape index (κ3) is 4.43. The summed E-state index contributed by atoms with van der Waals surface area (Å²) in [4.78, 5) is 14.5. The van der Waals surface area contributed by atoms with Crippen LogP contribution in [0.2, 0.25) is 0 Å². The lowest BCUT2D eigenvalue weighted by molar-refractivity contribution is -0.113. The first kappa shape index (κ1) is 21.4. The summed E-state index contributed by atoms with van der Waals surface area (Å²) in [5.74, 6) is 1.79. The molecule has 162 valence electrons. The summed E-state index contributed by atoms with van der Waals surface area (Å²) in [6.07, 6.45) is 1.76. The zero-order valence-corrected chi connectivity index (χ0v) is 18.5. The monoisotopic (exact) mass is 446 g/mol. The molecule has 1 fully saturated rings. The normalized spacial score (nSPS) is 14.4. The van der Waals surface area contributed by atoms with Gasteiger partial charge < -0.3 is 19.5 Å². The van der Waals surface area contributed by atoms with E-state index in [0.29, 0.717) is 34.6 Å². The van der Waals surface area contributed by atoms with Crippen LogP contribution in [0.25, 0.3) is 6.08 Å². The van der Waals surface area contributed by atoms with Crippen molar-refractivity contribution >= 4 is 35.0 Å². The van der Waals surface area contributed by atoms with Crippen LogP contribution in [-0.4, -0.2) is 25.2 Å². The van der Waals surface area contributed by atoms with Gasteiger partial charge in [-0.15, -0.1) is 0 Å². The second-order valence-corrected chi connectivity index (χ2v) is 7.36. The Morgan fingerprint density at radius 2 is 1.66 bits per heavy atom. The van der Waals surface area contributed by atoms with E-state index in [1.165, 1.54) is 4.90 Å². The number of benzene rings is 3. The van der Waals surface area contributed by atoms with Crippen LogP contribution in [0.1, 0.15) is 11.1 Å². The summed E-state index contributed by atoms with van der Waals surface area (Å²) in [7, 11) is 3.17. The third-order valence-electron chi connectivity index (χ3n) is 4.96. The Balaban J connectivity index is 1.59. The predicted molar refractivity (Wildman–Crippen MR) is 128 cm³/mol. The molecule has 32 heavy (non-hydrogen) atoms. The summed E-state index contributed by atoms with van der Waals surface area (Å²) in [5.41, 5.74) is 2.65. The standard InChI is InChI=1S/C25H22N2O4S/c1-29-22-13-12-17(14-18(22)16-31-19-8-4-3-5-9-19)15-20-24(28)27(25(32)26-20)21-10-6-7-11-23(21)30-2/h3-15H,16H2,1-2H3,(H,26,32)/b20-15+. The van der Waals surface area contributed by atoms with Crippen molar-refractivity contribution in [2.75, 3.05) is 19.1 Å². The molecule has 7 heteroatoms. The molecule has 0 unspecified atom stereocenters. The molecule has 0 aromatic heterocycles. The van der Waals surface area contributed by atoms with Gasteiger partial charge in [0.2, 0.25) is 0 Å². The van der Waals surface area contributed by atoms with Crippen molar-refractivity contribution in [2.24, 2.45) is 0 Å². The molecule has 1 saturated heterocycles. The number of nitrogens with zero attached hydrogens (tertiary/aromatic N) is 1. The van der Waals surface area contributed by atoms with Crippen molar-refractivity contribution in [3.63, 3.8) is 0 Å². The van der Waals surface area contributed by atoms with Crippen molar-refractivity contribution in [1.29, 1.82) is 0 Å². The molecule has 1 aliphatic heterocycles. The van der Waals surface area contributed by atoms with Crippen LogP contribution in [0.4, 0.5) is 5.69 Å². The predicted octanol–water partition coefficient (Wildman–Crippen LogP) is 4.55. The minimum absolute atomic E-state index is 0.252. The largest absolute Gasteiger partial charge is 0.496 e. The summed E-state index contributed by atoms with van der Waals surface area (Å²) < 4.78 is 16.7. The number of amides is 1. The molecular formula is C25H22N2O4S. The minimum Gasteiger partial charge on any atom is -0.496 e. The van der Waals surface area contributed by atoms with E-state index >= 15 is 0 Å². The SMILES string of the molecule is COc1ccc(/C=C2/NC(=S)N(c3ccccc3OC)C2=O)cc1COc1ccccc1. The van der Waals surface area contributed by atoms with Crippen LogP contribution in [0, 0.1) is 0 Å². The molecule has 1 amide bonds. The van der Waals surface area contributed by atoms with Crippen molar-refractivity contribution in [3.8, 4) is 17.2 Å². The number of methoxy groups -OCH3 is 2. The second kappa shape index (κ2) is 9.53. The number of ether oxygens (including phenoxy) is 3. The Labute approximate surface area is 192 Å². The van der Waals surface area contributed by atoms with E-state index in [4.69, 9.17) is 26.4 Å². The van der Waals surface area contributed by atoms with Gasteiger partial charge in [0.05, 0.1) is 19.9 Å². The molecule has 0 radical (unpaired) electrons. The van der Waals surface area contributed by atoms with Crippen LogP contribution >= 0.6 is 12.2 Å². The number of carbonyl (C=O) groups is 1. The highest BCUT2D eigenvalue weighted by atomic mass is 32.1. The zero-order valence-electron chi connectivity index (χ0n) is 17.7. The Morgan fingerprint density at radius 3 is 2.41 bits per heavy atom. The van der Waals surface area contributed by atoms with Crippen LogP contribution in [-0.2, 0) is 11.4 Å². The fraction of sp³-hybridized carbons (Fsp3) is 0.120. The minimum atomic E-state index is -0.252. The zero-order chi connectivity index (χ0) is 22.5. The van der Waals surface area contributed by atoms with Gasteiger partial charge in [-0.1, -0.05) is 36.4 Å². The van der Waals surface area contributed by atoms with Crippen molar-refractivity contribution < 1.29 is 19.0 Å². The van der Waals surface area contributed by atoms with Gasteiger partial charge in [-0.05, 0) is 60.3 Å². The number of thiocarbonyl (C=S) groups is 1. The maximum Gasteiger partial charge on any atom is 0.281 e. The summed E-state index contributed by atoms with van der Waals surface area (Å²) >= 11 is 5.42. The third-order valence-corrected chi connectivity index (χ3v) is 5.24. The molecule has 6 nitrogen and oxygen atoms in total. The first-order valence-corrected chi connectivity index (χ1v) is 10.4. The Hall–Kier alpha value is -3.84. The molecule has 0 spiro atoms. The van der Waals surface area contributed by atoms with Gasteiger partial charge >= 0.3 is 0 Å². The summed E-state index contributed by atoms with van der Waals surface area (Å²) in [5, 5.41) is 3.31. The van der Waals surface area contributed by atoms with Gasteiger partial charge in [0, 0.05) is 5.56 Å². The molecule has 1 N–H and O–H groups in total. The average Bonchev–Trinajstić information content (AvgIpc) is 3.10. The topological polar surface area (TPSA) is 60.0 Å². The van der Waals surface area contributed by atoms with Gasteiger partial charge in [-0.25, -0.2) is 4.90 Å². The second-order valence-electron chi connectivity index (χ2n) is 6.97. The average molecular weight is 447 g/mol. The lowest BCUT2D eigenvalue weighted by Gasteiger charge is -2.17. The number of nitrogens with one attached hydrogen (secondary N) is 1. The number of anilines is 1. The maximum atomic E-state index is 13.1. The first-order valence-electron chi connectivity index (χ1n) is 9.95. The highest BCUT2D eigenvalue weighted by molar-refractivity contribution is 7.80. The van der Waals surface area contributed by atoms with Crippen molar-refractivity contribution in [1.82, 2.24) is 5.32 Å². The molecule has 1 heterocycles. The van der Waals surface area contributed by atoms with Gasteiger partial charge in [-0.2, -0.15) is 0 Å². The van der Waals surface area contributed by atoms with Crippen LogP contribution < -0.4 is 24.4 Å². The molecule has 4 rings (SSSR count). The molecule has 1 aliphatic rings. The van der Waals surface area contributed by atoms with E-state index in [2.05, 4.69) is 5.32 Å². The Kier molecular flexibility index (Phi) is 6.37. The number of para-hydroxylation sites is 3. The summed E-state index contributed by atoms with van der Waals surface area (Å²) in [6.45, 7) is 0.331. The highest BCUT2D eigenvalue weighted by Crippen LogP contribution is 2.31. The first-order chi connectivity index (χ1) is 15.6.